The number of nitrogens with two attached hydrogens (primary N) is 1. The third kappa shape index (κ3) is 2.75. The van der Waals surface area contributed by atoms with E-state index in [0.717, 1.165) is 5.56 Å². The molecule has 0 saturated heterocycles. The number of amides is 1. The number of carbonyl (C=O) groups excluding carboxylic acids is 1. The van der Waals surface area contributed by atoms with E-state index >= 15 is 0 Å². The van der Waals surface area contributed by atoms with E-state index in [9.17, 15) is 4.79 Å². The van der Waals surface area contributed by atoms with Crippen molar-refractivity contribution in [2.24, 2.45) is 0 Å². The van der Waals surface area contributed by atoms with Crippen molar-refractivity contribution in [1.82, 2.24) is 20.3 Å². The number of carbonyl (C=O) groups is 1. The van der Waals surface area contributed by atoms with E-state index in [1.54, 1.807) is 18.5 Å². The Morgan fingerprint density at radius 3 is 2.82 bits per heavy atom. The van der Waals surface area contributed by atoms with Gasteiger partial charge in [0.1, 0.15) is 0 Å². The van der Waals surface area contributed by atoms with E-state index in [-0.39, 0.29) is 17.4 Å². The first-order chi connectivity index (χ1) is 8.27. The lowest BCUT2D eigenvalue weighted by atomic mass is 10.3. The molecule has 2 rings (SSSR count). The fourth-order valence-electron chi connectivity index (χ4n) is 1.29. The van der Waals surface area contributed by atoms with Crippen molar-refractivity contribution in [3.8, 4) is 0 Å². The zero-order valence-corrected chi connectivity index (χ0v) is 9.00. The van der Waals surface area contributed by atoms with Gasteiger partial charge in [-0.15, -0.1) is 0 Å². The Bertz CT molecular complexity index is 514. The van der Waals surface area contributed by atoms with Gasteiger partial charge in [0, 0.05) is 31.3 Å². The number of anilines is 1. The van der Waals surface area contributed by atoms with Crippen LogP contribution in [0.25, 0.3) is 0 Å². The Balaban J connectivity index is 2.01. The summed E-state index contributed by atoms with van der Waals surface area (Å²) >= 11 is 0. The van der Waals surface area contributed by atoms with Crippen LogP contribution in [0.5, 0.6) is 0 Å². The average molecular weight is 229 g/mol. The van der Waals surface area contributed by atoms with E-state index in [1.165, 1.54) is 12.4 Å². The first kappa shape index (κ1) is 11.0. The number of aromatic nitrogens is 3. The van der Waals surface area contributed by atoms with Crippen LogP contribution in [0.4, 0.5) is 5.82 Å². The summed E-state index contributed by atoms with van der Waals surface area (Å²) in [5.41, 5.74) is 6.59. The van der Waals surface area contributed by atoms with Crippen LogP contribution in [0.3, 0.4) is 0 Å². The molecule has 0 spiro atoms. The Labute approximate surface area is 97.9 Å². The molecule has 3 N–H and O–H groups in total. The number of nitrogen functional groups attached to an aromatic ring is 1. The molecule has 0 aliphatic rings. The first-order valence-corrected chi connectivity index (χ1v) is 5.01. The second-order valence-corrected chi connectivity index (χ2v) is 3.33. The summed E-state index contributed by atoms with van der Waals surface area (Å²) in [6.07, 6.45) is 6.22. The van der Waals surface area contributed by atoms with Crippen LogP contribution < -0.4 is 11.1 Å². The molecule has 0 bridgehead atoms. The van der Waals surface area contributed by atoms with Gasteiger partial charge in [-0.25, -0.2) is 9.97 Å². The average Bonchev–Trinajstić information content (AvgIpc) is 2.38. The summed E-state index contributed by atoms with van der Waals surface area (Å²) < 4.78 is 0. The number of nitrogens with one attached hydrogen (secondary N) is 1. The molecule has 0 aliphatic carbocycles. The summed E-state index contributed by atoms with van der Waals surface area (Å²) in [5.74, 6) is -0.226. The largest absolute Gasteiger partial charge is 0.382 e. The molecule has 0 radical (unpaired) electrons. The third-order valence-corrected chi connectivity index (χ3v) is 2.12. The highest BCUT2D eigenvalue weighted by Gasteiger charge is 2.10. The number of nitrogens with zero attached hydrogens (tertiary/aromatic N) is 3. The molecule has 0 unspecified atom stereocenters. The van der Waals surface area contributed by atoms with Crippen molar-refractivity contribution >= 4 is 11.7 Å². The maximum Gasteiger partial charge on any atom is 0.273 e. The molecule has 0 aliphatic heterocycles. The smallest absolute Gasteiger partial charge is 0.273 e. The quantitative estimate of drug-likeness (QED) is 0.793. The van der Waals surface area contributed by atoms with E-state index < -0.39 is 0 Å². The van der Waals surface area contributed by atoms with Gasteiger partial charge in [0.2, 0.25) is 0 Å². The second kappa shape index (κ2) is 5.02. The van der Waals surface area contributed by atoms with Crippen molar-refractivity contribution in [1.29, 1.82) is 0 Å². The summed E-state index contributed by atoms with van der Waals surface area (Å²) in [4.78, 5) is 23.3. The van der Waals surface area contributed by atoms with Crippen LogP contribution in [0, 0.1) is 0 Å². The number of pyridine rings is 1. The van der Waals surface area contributed by atoms with Gasteiger partial charge in [0.15, 0.2) is 11.5 Å². The molecule has 0 aromatic carbocycles. The van der Waals surface area contributed by atoms with Crippen LogP contribution in [-0.2, 0) is 6.54 Å². The molecule has 86 valence electrons. The van der Waals surface area contributed by atoms with Crippen molar-refractivity contribution in [2.45, 2.75) is 6.54 Å². The molecule has 1 amide bonds. The zero-order chi connectivity index (χ0) is 12.1. The van der Waals surface area contributed by atoms with E-state index in [2.05, 4.69) is 20.3 Å². The van der Waals surface area contributed by atoms with Crippen LogP contribution in [0.1, 0.15) is 16.1 Å². The van der Waals surface area contributed by atoms with Crippen LogP contribution in [-0.4, -0.2) is 20.9 Å². The van der Waals surface area contributed by atoms with Gasteiger partial charge in [-0.1, -0.05) is 6.07 Å². The minimum absolute atomic E-state index is 0.121. The number of rotatable bonds is 3. The van der Waals surface area contributed by atoms with Gasteiger partial charge >= 0.3 is 0 Å². The minimum atomic E-state index is -0.348. The topological polar surface area (TPSA) is 93.8 Å². The van der Waals surface area contributed by atoms with Crippen molar-refractivity contribution in [3.05, 3.63) is 48.2 Å². The van der Waals surface area contributed by atoms with Gasteiger partial charge in [-0.05, 0) is 11.6 Å². The molecular formula is C11H11N5O. The normalized spacial score (nSPS) is 9.88. The Kier molecular flexibility index (Phi) is 3.25. The number of hydrogen-bond donors (Lipinski definition) is 2. The molecule has 17 heavy (non-hydrogen) atoms. The van der Waals surface area contributed by atoms with Gasteiger partial charge < -0.3 is 11.1 Å². The van der Waals surface area contributed by atoms with Crippen LogP contribution in [0.2, 0.25) is 0 Å². The summed E-state index contributed by atoms with van der Waals surface area (Å²) in [6, 6.07) is 3.67. The molecule has 6 heteroatoms. The van der Waals surface area contributed by atoms with E-state index in [1.807, 2.05) is 6.07 Å². The predicted molar refractivity (Wildman–Crippen MR) is 61.9 cm³/mol. The standard InChI is InChI=1S/C11H11N5O/c12-10-9(14-4-5-15-10)11(17)16-7-8-2-1-3-13-6-8/h1-6H,7H2,(H2,12,15)(H,16,17). The molecule has 0 atom stereocenters. The van der Waals surface area contributed by atoms with Crippen molar-refractivity contribution < 1.29 is 4.79 Å². The fraction of sp³-hybridized carbons (Fsp3) is 0.0909. The lowest BCUT2D eigenvalue weighted by Gasteiger charge is -2.05. The Morgan fingerprint density at radius 1 is 1.29 bits per heavy atom. The van der Waals surface area contributed by atoms with Crippen LogP contribution in [0.15, 0.2) is 36.9 Å². The molecular weight excluding hydrogens is 218 g/mol. The SMILES string of the molecule is Nc1nccnc1C(=O)NCc1cccnc1. The van der Waals surface area contributed by atoms with Crippen molar-refractivity contribution in [2.75, 3.05) is 5.73 Å². The molecule has 0 fully saturated rings. The fourth-order valence-corrected chi connectivity index (χ4v) is 1.29. The Morgan fingerprint density at radius 2 is 2.12 bits per heavy atom. The van der Waals surface area contributed by atoms with Gasteiger partial charge in [-0.3, -0.25) is 9.78 Å². The molecule has 2 aromatic rings. The predicted octanol–water partition coefficient (Wildman–Crippen LogP) is 0.384. The summed E-state index contributed by atoms with van der Waals surface area (Å²) in [7, 11) is 0. The monoisotopic (exact) mass is 229 g/mol. The first-order valence-electron chi connectivity index (χ1n) is 5.01. The highest BCUT2D eigenvalue weighted by atomic mass is 16.1. The van der Waals surface area contributed by atoms with E-state index in [4.69, 9.17) is 5.73 Å². The molecule has 2 heterocycles. The maximum absolute atomic E-state index is 11.7. The van der Waals surface area contributed by atoms with Gasteiger partial charge in [-0.2, -0.15) is 0 Å². The molecule has 2 aromatic heterocycles. The highest BCUT2D eigenvalue weighted by molar-refractivity contribution is 5.96. The lowest BCUT2D eigenvalue weighted by Crippen LogP contribution is -2.25. The lowest BCUT2D eigenvalue weighted by molar-refractivity contribution is 0.0946. The zero-order valence-electron chi connectivity index (χ0n) is 9.00. The third-order valence-electron chi connectivity index (χ3n) is 2.12. The highest BCUT2D eigenvalue weighted by Crippen LogP contribution is 2.03. The number of hydrogen-bond acceptors (Lipinski definition) is 5. The summed E-state index contributed by atoms with van der Waals surface area (Å²) in [5, 5.41) is 2.69. The summed E-state index contributed by atoms with van der Waals surface area (Å²) in [6.45, 7) is 0.378. The second-order valence-electron chi connectivity index (χ2n) is 3.33. The van der Waals surface area contributed by atoms with Gasteiger partial charge in [0.05, 0.1) is 0 Å². The maximum atomic E-state index is 11.7. The van der Waals surface area contributed by atoms with Gasteiger partial charge in [0.25, 0.3) is 5.91 Å². The molecule has 0 saturated carbocycles. The van der Waals surface area contributed by atoms with Crippen molar-refractivity contribution in [3.63, 3.8) is 0 Å². The molecule has 6 nitrogen and oxygen atoms in total. The van der Waals surface area contributed by atoms with Crippen LogP contribution >= 0.6 is 0 Å². The Hall–Kier alpha value is -2.50. The minimum Gasteiger partial charge on any atom is -0.382 e. The van der Waals surface area contributed by atoms with E-state index in [0.29, 0.717) is 6.54 Å².